The van der Waals surface area contributed by atoms with Crippen molar-refractivity contribution in [2.45, 2.75) is 29.9 Å². The van der Waals surface area contributed by atoms with Crippen LogP contribution >= 0.6 is 39.5 Å². The molecule has 0 radical (unpaired) electrons. The molecule has 3 unspecified atom stereocenters. The summed E-state index contributed by atoms with van der Waals surface area (Å²) in [6.07, 6.45) is 2.20. The monoisotopic (exact) mass is 322 g/mol. The fourth-order valence-corrected chi connectivity index (χ4v) is 5.44. The van der Waals surface area contributed by atoms with Crippen molar-refractivity contribution in [3.05, 3.63) is 22.6 Å². The molecule has 2 heterocycles. The van der Waals surface area contributed by atoms with Crippen LogP contribution in [0.15, 0.2) is 21.2 Å². The third-order valence-corrected chi connectivity index (χ3v) is 6.71. The lowest BCUT2D eigenvalue weighted by Gasteiger charge is -2.32. The number of hydrogen-bond donors (Lipinski definition) is 1. The van der Waals surface area contributed by atoms with Crippen molar-refractivity contribution < 1.29 is 9.52 Å². The molecule has 5 heteroatoms. The Kier molecular flexibility index (Phi) is 4.70. The molecule has 0 aliphatic carbocycles. The molecule has 90 valence electrons. The first-order chi connectivity index (χ1) is 7.74. The number of aliphatic hydroxyl groups is 1. The van der Waals surface area contributed by atoms with E-state index in [9.17, 15) is 5.11 Å². The van der Waals surface area contributed by atoms with Crippen LogP contribution in [0.25, 0.3) is 0 Å². The van der Waals surface area contributed by atoms with Crippen LogP contribution in [-0.2, 0) is 0 Å². The number of halogens is 1. The van der Waals surface area contributed by atoms with Gasteiger partial charge in [0.25, 0.3) is 0 Å². The van der Waals surface area contributed by atoms with Gasteiger partial charge < -0.3 is 9.52 Å². The summed E-state index contributed by atoms with van der Waals surface area (Å²) in [6, 6.07) is 1.83. The Morgan fingerprint density at radius 1 is 1.56 bits per heavy atom. The molecule has 1 N–H and O–H groups in total. The van der Waals surface area contributed by atoms with E-state index in [0.717, 1.165) is 16.6 Å². The van der Waals surface area contributed by atoms with Crippen molar-refractivity contribution in [2.75, 3.05) is 11.5 Å². The Hall–Kier alpha value is 0.420. The van der Waals surface area contributed by atoms with Gasteiger partial charge in [0.2, 0.25) is 0 Å². The van der Waals surface area contributed by atoms with E-state index in [0.29, 0.717) is 11.0 Å². The number of thioether (sulfide) groups is 2. The average Bonchev–Trinajstić information content (AvgIpc) is 2.74. The quantitative estimate of drug-likeness (QED) is 0.919. The zero-order valence-electron chi connectivity index (χ0n) is 9.06. The summed E-state index contributed by atoms with van der Waals surface area (Å²) in [6.45, 7) is 2.18. The fraction of sp³-hybridized carbons (Fsp3) is 0.636. The predicted octanol–water partition coefficient (Wildman–Crippen LogP) is 3.70. The smallest absolute Gasteiger partial charge is 0.147 e. The number of rotatable bonds is 3. The van der Waals surface area contributed by atoms with Crippen LogP contribution in [-0.4, -0.2) is 27.1 Å². The van der Waals surface area contributed by atoms with Gasteiger partial charge in [0, 0.05) is 22.0 Å². The van der Waals surface area contributed by atoms with Crippen molar-refractivity contribution in [3.63, 3.8) is 0 Å². The van der Waals surface area contributed by atoms with E-state index in [4.69, 9.17) is 4.42 Å². The maximum Gasteiger partial charge on any atom is 0.147 e. The highest BCUT2D eigenvalue weighted by Gasteiger charge is 2.34. The Morgan fingerprint density at radius 2 is 2.31 bits per heavy atom. The van der Waals surface area contributed by atoms with E-state index in [1.165, 1.54) is 5.75 Å². The van der Waals surface area contributed by atoms with E-state index >= 15 is 0 Å². The molecule has 1 aromatic rings. The Morgan fingerprint density at radius 3 is 2.94 bits per heavy atom. The molecule has 1 saturated heterocycles. The van der Waals surface area contributed by atoms with Gasteiger partial charge in [-0.15, -0.1) is 0 Å². The molecule has 0 saturated carbocycles. The summed E-state index contributed by atoms with van der Waals surface area (Å²) < 4.78 is 6.22. The van der Waals surface area contributed by atoms with Crippen molar-refractivity contribution in [1.29, 1.82) is 0 Å². The van der Waals surface area contributed by atoms with Gasteiger partial charge in [-0.25, -0.2) is 0 Å². The lowest BCUT2D eigenvalue weighted by molar-refractivity contribution is 0.144. The summed E-state index contributed by atoms with van der Waals surface area (Å²) in [5.74, 6) is 2.96. The van der Waals surface area contributed by atoms with Crippen LogP contribution in [0.4, 0.5) is 0 Å². The van der Waals surface area contributed by atoms with Gasteiger partial charge in [0.05, 0.1) is 10.7 Å². The number of hydrogen-bond acceptors (Lipinski definition) is 4. The summed E-state index contributed by atoms with van der Waals surface area (Å²) in [5, 5.41) is 11.1. The van der Waals surface area contributed by atoms with Crippen LogP contribution in [0, 0.1) is 0 Å². The van der Waals surface area contributed by atoms with Crippen molar-refractivity contribution in [1.82, 2.24) is 0 Å². The summed E-state index contributed by atoms with van der Waals surface area (Å²) >= 11 is 7.23. The van der Waals surface area contributed by atoms with Crippen LogP contribution in [0.3, 0.4) is 0 Å². The van der Waals surface area contributed by atoms with E-state index in [2.05, 4.69) is 22.9 Å². The highest BCUT2D eigenvalue weighted by Crippen LogP contribution is 2.41. The number of aliphatic hydroxyl groups excluding tert-OH is 1. The molecular formula is C11H15BrO2S2. The zero-order chi connectivity index (χ0) is 11.5. The van der Waals surface area contributed by atoms with Crippen molar-refractivity contribution in [2.24, 2.45) is 0 Å². The Bertz CT molecular complexity index is 342. The van der Waals surface area contributed by atoms with Gasteiger partial charge in [-0.1, -0.05) is 6.92 Å². The minimum absolute atomic E-state index is 0.242. The highest BCUT2D eigenvalue weighted by atomic mass is 79.9. The molecule has 2 rings (SSSR count). The van der Waals surface area contributed by atoms with Crippen LogP contribution in [0.5, 0.6) is 0 Å². The molecule has 1 aromatic heterocycles. The van der Waals surface area contributed by atoms with Gasteiger partial charge >= 0.3 is 0 Å². The molecule has 0 bridgehead atoms. The zero-order valence-corrected chi connectivity index (χ0v) is 12.3. The molecular weight excluding hydrogens is 308 g/mol. The fourth-order valence-electron chi connectivity index (χ4n) is 1.90. The lowest BCUT2D eigenvalue weighted by atomic mass is 10.1. The van der Waals surface area contributed by atoms with E-state index < -0.39 is 6.10 Å². The summed E-state index contributed by atoms with van der Waals surface area (Å²) in [4.78, 5) is 0. The van der Waals surface area contributed by atoms with Gasteiger partial charge in [0.15, 0.2) is 0 Å². The predicted molar refractivity (Wildman–Crippen MR) is 74.2 cm³/mol. The molecule has 1 fully saturated rings. The second-order valence-corrected chi connectivity index (χ2v) is 7.22. The minimum atomic E-state index is -0.507. The molecule has 16 heavy (non-hydrogen) atoms. The maximum absolute atomic E-state index is 10.4. The van der Waals surface area contributed by atoms with Gasteiger partial charge in [-0.3, -0.25) is 0 Å². The van der Waals surface area contributed by atoms with Gasteiger partial charge in [-0.2, -0.15) is 23.5 Å². The first kappa shape index (κ1) is 12.9. The Labute approximate surface area is 113 Å². The van der Waals surface area contributed by atoms with E-state index in [1.54, 1.807) is 6.26 Å². The third kappa shape index (κ3) is 2.63. The first-order valence-corrected chi connectivity index (χ1v) is 8.27. The van der Waals surface area contributed by atoms with Crippen molar-refractivity contribution >= 4 is 39.5 Å². The van der Waals surface area contributed by atoms with Crippen LogP contribution < -0.4 is 0 Å². The second kappa shape index (κ2) is 5.85. The van der Waals surface area contributed by atoms with Crippen molar-refractivity contribution in [3.8, 4) is 0 Å². The molecule has 1 aliphatic heterocycles. The minimum Gasteiger partial charge on any atom is -0.465 e. The molecule has 2 nitrogen and oxygen atoms in total. The third-order valence-electron chi connectivity index (χ3n) is 2.72. The summed E-state index contributed by atoms with van der Waals surface area (Å²) in [5.41, 5.74) is 0. The standard InChI is InChI=1S/C11H15BrO2S2/c1-2-8-11(16-6-5-15-8)9(13)10-7(12)3-4-14-10/h3-4,8-9,11,13H,2,5-6H2,1H3. The topological polar surface area (TPSA) is 33.4 Å². The van der Waals surface area contributed by atoms with Crippen LogP contribution in [0.2, 0.25) is 0 Å². The first-order valence-electron chi connectivity index (χ1n) is 5.38. The highest BCUT2D eigenvalue weighted by molar-refractivity contribution is 9.10. The van der Waals surface area contributed by atoms with E-state index in [-0.39, 0.29) is 5.25 Å². The Balaban J connectivity index is 2.13. The number of furan rings is 1. The second-order valence-electron chi connectivity index (χ2n) is 3.73. The lowest BCUT2D eigenvalue weighted by Crippen LogP contribution is -2.31. The molecule has 3 atom stereocenters. The normalized spacial score (nSPS) is 27.9. The average molecular weight is 323 g/mol. The molecule has 0 amide bonds. The summed E-state index contributed by atoms with van der Waals surface area (Å²) in [7, 11) is 0. The van der Waals surface area contributed by atoms with Gasteiger partial charge in [-0.05, 0) is 28.4 Å². The molecule has 1 aliphatic rings. The largest absolute Gasteiger partial charge is 0.465 e. The maximum atomic E-state index is 10.4. The van der Waals surface area contributed by atoms with E-state index in [1.807, 2.05) is 29.6 Å². The van der Waals surface area contributed by atoms with Gasteiger partial charge in [0.1, 0.15) is 11.9 Å². The SMILES string of the molecule is CCC1SCCSC1C(O)c1occc1Br. The van der Waals surface area contributed by atoms with Crippen LogP contribution in [0.1, 0.15) is 25.2 Å². The molecule has 0 spiro atoms. The molecule has 0 aromatic carbocycles.